The summed E-state index contributed by atoms with van der Waals surface area (Å²) >= 11 is 5.93. The number of benzene rings is 2. The van der Waals surface area contributed by atoms with Crippen molar-refractivity contribution in [3.8, 4) is 17.2 Å². The van der Waals surface area contributed by atoms with E-state index in [2.05, 4.69) is 15.5 Å². The number of amides is 1. The van der Waals surface area contributed by atoms with Gasteiger partial charge in [-0.15, -0.1) is 0 Å². The molecule has 0 saturated carbocycles. The largest absolute Gasteiger partial charge is 0.478 e. The normalized spacial score (nSPS) is 11.8. The Morgan fingerprint density at radius 2 is 2.12 bits per heavy atom. The van der Waals surface area contributed by atoms with Gasteiger partial charge in [0.25, 0.3) is 17.7 Å². The van der Waals surface area contributed by atoms with Gasteiger partial charge in [-0.1, -0.05) is 36.7 Å². The lowest BCUT2D eigenvalue weighted by Crippen LogP contribution is -2.33. The number of nitrogens with zero attached hydrogens (tertiary/aromatic N) is 2. The molecule has 1 heterocycles. The Bertz CT molecular complexity index is 916. The smallest absolute Gasteiger partial charge is 0.270 e. The van der Waals surface area contributed by atoms with Gasteiger partial charge < -0.3 is 9.26 Å². The van der Waals surface area contributed by atoms with E-state index in [-0.39, 0.29) is 17.6 Å². The lowest BCUT2D eigenvalue weighted by atomic mass is 10.2. The zero-order chi connectivity index (χ0) is 18.5. The van der Waals surface area contributed by atoms with Crippen molar-refractivity contribution in [2.24, 2.45) is 0 Å². The number of ether oxygens (including phenoxy) is 1. The number of aromatic nitrogens is 2. The number of halogens is 2. The van der Waals surface area contributed by atoms with Crippen LogP contribution < -0.4 is 10.1 Å². The highest BCUT2D eigenvalue weighted by Gasteiger charge is 2.22. The Morgan fingerprint density at radius 1 is 1.31 bits per heavy atom. The average molecular weight is 376 g/mol. The van der Waals surface area contributed by atoms with Crippen LogP contribution in [0.15, 0.2) is 53.1 Å². The van der Waals surface area contributed by atoms with Crippen molar-refractivity contribution >= 4 is 23.5 Å². The first-order chi connectivity index (χ1) is 12.6. The van der Waals surface area contributed by atoms with Crippen molar-refractivity contribution in [1.82, 2.24) is 10.1 Å². The number of hydrogen-bond donors (Lipinski definition) is 1. The zero-order valence-electron chi connectivity index (χ0n) is 13.8. The number of carbonyl (C=O) groups excluding carboxylic acids is 1. The summed E-state index contributed by atoms with van der Waals surface area (Å²) in [6, 6.07) is 12.8. The van der Waals surface area contributed by atoms with Crippen LogP contribution in [0.25, 0.3) is 11.5 Å². The van der Waals surface area contributed by atoms with Crippen LogP contribution >= 0.6 is 11.6 Å². The van der Waals surface area contributed by atoms with Gasteiger partial charge in [0.1, 0.15) is 0 Å². The molecular formula is C18H15ClFN3O3. The van der Waals surface area contributed by atoms with E-state index in [1.165, 1.54) is 12.1 Å². The zero-order valence-corrected chi connectivity index (χ0v) is 14.5. The molecule has 1 N–H and O–H groups in total. The second-order valence-electron chi connectivity index (χ2n) is 5.37. The average Bonchev–Trinajstić information content (AvgIpc) is 3.09. The summed E-state index contributed by atoms with van der Waals surface area (Å²) in [5.74, 6) is -0.843. The highest BCUT2D eigenvalue weighted by Crippen LogP contribution is 2.22. The SMILES string of the molecule is CC[C@H](Oc1ccccc1F)C(=O)Nc1noc(-c2cccc(Cl)c2)n1. The Labute approximate surface area is 153 Å². The van der Waals surface area contributed by atoms with Gasteiger partial charge in [-0.05, 0) is 41.9 Å². The second kappa shape index (κ2) is 7.97. The molecule has 0 aliphatic heterocycles. The lowest BCUT2D eigenvalue weighted by molar-refractivity contribution is -0.123. The predicted octanol–water partition coefficient (Wildman–Crippen LogP) is 4.33. The minimum absolute atomic E-state index is 0.00206. The summed E-state index contributed by atoms with van der Waals surface area (Å²) in [5.41, 5.74) is 0.625. The van der Waals surface area contributed by atoms with Crippen LogP contribution in [-0.2, 0) is 4.79 Å². The highest BCUT2D eigenvalue weighted by molar-refractivity contribution is 6.30. The van der Waals surface area contributed by atoms with Crippen LogP contribution in [0.1, 0.15) is 13.3 Å². The molecule has 26 heavy (non-hydrogen) atoms. The van der Waals surface area contributed by atoms with Crippen molar-refractivity contribution in [2.45, 2.75) is 19.4 Å². The fourth-order valence-electron chi connectivity index (χ4n) is 2.22. The van der Waals surface area contributed by atoms with Crippen LogP contribution in [0.4, 0.5) is 10.3 Å². The Morgan fingerprint density at radius 3 is 2.85 bits per heavy atom. The molecule has 0 spiro atoms. The molecule has 1 atom stereocenters. The molecule has 0 unspecified atom stereocenters. The maximum absolute atomic E-state index is 13.7. The van der Waals surface area contributed by atoms with E-state index < -0.39 is 17.8 Å². The summed E-state index contributed by atoms with van der Waals surface area (Å²) in [7, 11) is 0. The van der Waals surface area contributed by atoms with Gasteiger partial charge in [0.2, 0.25) is 0 Å². The second-order valence-corrected chi connectivity index (χ2v) is 5.80. The predicted molar refractivity (Wildman–Crippen MR) is 94.5 cm³/mol. The molecule has 0 aliphatic rings. The quantitative estimate of drug-likeness (QED) is 0.694. The van der Waals surface area contributed by atoms with Gasteiger partial charge in [-0.2, -0.15) is 4.98 Å². The fraction of sp³-hybridized carbons (Fsp3) is 0.167. The molecule has 0 bridgehead atoms. The van der Waals surface area contributed by atoms with E-state index in [0.717, 1.165) is 0 Å². The Hall–Kier alpha value is -2.93. The van der Waals surface area contributed by atoms with Crippen molar-refractivity contribution in [2.75, 3.05) is 5.32 Å². The van der Waals surface area contributed by atoms with Gasteiger partial charge >= 0.3 is 0 Å². The first-order valence-corrected chi connectivity index (χ1v) is 8.26. The van der Waals surface area contributed by atoms with E-state index in [0.29, 0.717) is 17.0 Å². The Kier molecular flexibility index (Phi) is 5.48. The van der Waals surface area contributed by atoms with Gasteiger partial charge in [-0.3, -0.25) is 10.1 Å². The van der Waals surface area contributed by atoms with E-state index in [9.17, 15) is 9.18 Å². The molecule has 0 radical (unpaired) electrons. The van der Waals surface area contributed by atoms with Gasteiger partial charge in [0, 0.05) is 10.6 Å². The molecule has 6 nitrogen and oxygen atoms in total. The summed E-state index contributed by atoms with van der Waals surface area (Å²) in [5, 5.41) is 6.74. The summed E-state index contributed by atoms with van der Waals surface area (Å²) in [6.07, 6.45) is -0.570. The number of anilines is 1. The van der Waals surface area contributed by atoms with E-state index in [4.69, 9.17) is 20.9 Å². The molecular weight excluding hydrogens is 361 g/mol. The van der Waals surface area contributed by atoms with Crippen LogP contribution in [0.2, 0.25) is 5.02 Å². The summed E-state index contributed by atoms with van der Waals surface area (Å²) in [6.45, 7) is 1.75. The van der Waals surface area contributed by atoms with E-state index >= 15 is 0 Å². The number of rotatable bonds is 6. The molecule has 8 heteroatoms. The maximum Gasteiger partial charge on any atom is 0.270 e. The molecule has 0 aliphatic carbocycles. The minimum atomic E-state index is -0.903. The molecule has 2 aromatic carbocycles. The fourth-order valence-corrected chi connectivity index (χ4v) is 2.41. The van der Waals surface area contributed by atoms with Crippen molar-refractivity contribution in [3.05, 3.63) is 59.4 Å². The molecule has 0 fully saturated rings. The summed E-state index contributed by atoms with van der Waals surface area (Å²) in [4.78, 5) is 16.5. The third-order valence-electron chi connectivity index (χ3n) is 3.50. The standard InChI is InChI=1S/C18H15ClFN3O3/c1-2-14(25-15-9-4-3-8-13(15)20)16(24)21-18-22-17(26-23-18)11-6-5-7-12(19)10-11/h3-10,14H,2H2,1H3,(H,21,23,24)/t14-/m0/s1. The minimum Gasteiger partial charge on any atom is -0.478 e. The number of hydrogen-bond acceptors (Lipinski definition) is 5. The number of para-hydroxylation sites is 1. The van der Waals surface area contributed by atoms with Crippen molar-refractivity contribution < 1.29 is 18.4 Å². The maximum atomic E-state index is 13.7. The van der Waals surface area contributed by atoms with Crippen molar-refractivity contribution in [3.63, 3.8) is 0 Å². The topological polar surface area (TPSA) is 77.2 Å². The van der Waals surface area contributed by atoms with Gasteiger partial charge in [0.15, 0.2) is 17.7 Å². The monoisotopic (exact) mass is 375 g/mol. The molecule has 3 aromatic rings. The third kappa shape index (κ3) is 4.18. The molecule has 1 amide bonds. The third-order valence-corrected chi connectivity index (χ3v) is 3.74. The summed E-state index contributed by atoms with van der Waals surface area (Å²) < 4.78 is 24.3. The Balaban J connectivity index is 1.70. The molecule has 0 saturated heterocycles. The number of carbonyl (C=O) groups is 1. The lowest BCUT2D eigenvalue weighted by Gasteiger charge is -2.16. The van der Waals surface area contributed by atoms with Crippen LogP contribution in [-0.4, -0.2) is 22.2 Å². The molecule has 3 rings (SSSR count). The molecule has 1 aromatic heterocycles. The van der Waals surface area contributed by atoms with Crippen LogP contribution in [0.3, 0.4) is 0 Å². The van der Waals surface area contributed by atoms with Crippen LogP contribution in [0, 0.1) is 5.82 Å². The van der Waals surface area contributed by atoms with E-state index in [1.807, 2.05) is 0 Å². The first-order valence-electron chi connectivity index (χ1n) is 7.88. The van der Waals surface area contributed by atoms with Gasteiger partial charge in [-0.25, -0.2) is 4.39 Å². The number of nitrogens with one attached hydrogen (secondary N) is 1. The van der Waals surface area contributed by atoms with Crippen molar-refractivity contribution in [1.29, 1.82) is 0 Å². The first kappa shape index (κ1) is 17.9. The van der Waals surface area contributed by atoms with E-state index in [1.54, 1.807) is 43.3 Å². The van der Waals surface area contributed by atoms with Gasteiger partial charge in [0.05, 0.1) is 0 Å². The molecule has 134 valence electrons. The highest BCUT2D eigenvalue weighted by atomic mass is 35.5. The van der Waals surface area contributed by atoms with Crippen LogP contribution in [0.5, 0.6) is 5.75 Å².